The van der Waals surface area contributed by atoms with Crippen molar-refractivity contribution in [3.8, 4) is 22.8 Å². The fraction of sp³-hybridized carbons (Fsp3) is 0.158. The molecule has 3 rings (SSSR count). The highest BCUT2D eigenvalue weighted by Gasteiger charge is 2.25. The number of rotatable bonds is 5. The van der Waals surface area contributed by atoms with Crippen LogP contribution in [0, 0.1) is 0 Å². The number of pyridine rings is 1. The van der Waals surface area contributed by atoms with Gasteiger partial charge in [0.25, 0.3) is 0 Å². The summed E-state index contributed by atoms with van der Waals surface area (Å²) in [7, 11) is 4.32. The van der Waals surface area contributed by atoms with E-state index in [1.54, 1.807) is 37.6 Å². The van der Waals surface area contributed by atoms with Crippen LogP contribution in [0.5, 0.6) is 11.5 Å². The van der Waals surface area contributed by atoms with Crippen LogP contribution in [0.4, 0.5) is 16.3 Å². The van der Waals surface area contributed by atoms with Crippen molar-refractivity contribution in [2.75, 3.05) is 31.5 Å². The van der Waals surface area contributed by atoms with Crippen LogP contribution in [0.2, 0.25) is 15.1 Å². The third-order valence-corrected chi connectivity index (χ3v) is 5.22. The number of aromatic nitrogens is 3. The van der Waals surface area contributed by atoms with Crippen molar-refractivity contribution in [3.63, 3.8) is 0 Å². The highest BCUT2D eigenvalue weighted by atomic mass is 35.5. The van der Waals surface area contributed by atoms with Gasteiger partial charge in [0.1, 0.15) is 27.2 Å². The van der Waals surface area contributed by atoms with Gasteiger partial charge in [-0.1, -0.05) is 34.8 Å². The first kappa shape index (κ1) is 21.9. The first-order valence-electron chi connectivity index (χ1n) is 8.44. The summed E-state index contributed by atoms with van der Waals surface area (Å²) in [4.78, 5) is 26.5. The Morgan fingerprint density at radius 1 is 1.00 bits per heavy atom. The lowest BCUT2D eigenvalue weighted by molar-refractivity contribution is 0.258. The number of hydrogen-bond donors (Lipinski definition) is 1. The molecule has 0 saturated heterocycles. The third kappa shape index (κ3) is 4.21. The molecule has 11 heteroatoms. The van der Waals surface area contributed by atoms with E-state index in [1.165, 1.54) is 25.4 Å². The number of hydrogen-bond acceptors (Lipinski definition) is 6. The van der Waals surface area contributed by atoms with Gasteiger partial charge in [0.15, 0.2) is 11.5 Å². The second kappa shape index (κ2) is 9.34. The van der Waals surface area contributed by atoms with Crippen molar-refractivity contribution in [2.45, 2.75) is 0 Å². The Kier molecular flexibility index (Phi) is 6.81. The van der Waals surface area contributed by atoms with Gasteiger partial charge in [0.05, 0.1) is 25.6 Å². The summed E-state index contributed by atoms with van der Waals surface area (Å²) in [5.74, 6) is 0.605. The van der Waals surface area contributed by atoms with Crippen molar-refractivity contribution < 1.29 is 14.3 Å². The number of urea groups is 1. The van der Waals surface area contributed by atoms with E-state index in [0.717, 1.165) is 5.56 Å². The van der Waals surface area contributed by atoms with Crippen molar-refractivity contribution in [1.82, 2.24) is 15.0 Å². The maximum Gasteiger partial charge on any atom is 0.327 e. The van der Waals surface area contributed by atoms with E-state index in [4.69, 9.17) is 44.3 Å². The van der Waals surface area contributed by atoms with E-state index in [2.05, 4.69) is 20.3 Å². The maximum absolute atomic E-state index is 12.9. The van der Waals surface area contributed by atoms with Gasteiger partial charge in [-0.25, -0.2) is 14.8 Å². The van der Waals surface area contributed by atoms with Gasteiger partial charge >= 0.3 is 6.03 Å². The molecule has 0 aliphatic rings. The molecule has 2 heterocycles. The number of halogens is 3. The zero-order chi connectivity index (χ0) is 21.8. The second-order valence-corrected chi connectivity index (χ2v) is 7.00. The van der Waals surface area contributed by atoms with Crippen LogP contribution in [0.1, 0.15) is 0 Å². The van der Waals surface area contributed by atoms with Gasteiger partial charge in [0.2, 0.25) is 0 Å². The topological polar surface area (TPSA) is 89.5 Å². The number of amides is 2. The lowest BCUT2D eigenvalue weighted by Crippen LogP contribution is -2.32. The summed E-state index contributed by atoms with van der Waals surface area (Å²) < 4.78 is 10.4. The van der Waals surface area contributed by atoms with Crippen LogP contribution in [0.15, 0.2) is 36.9 Å². The van der Waals surface area contributed by atoms with E-state index in [0.29, 0.717) is 11.5 Å². The van der Waals surface area contributed by atoms with Gasteiger partial charge < -0.3 is 14.8 Å². The molecule has 156 valence electrons. The number of ether oxygens (including phenoxy) is 2. The molecule has 0 atom stereocenters. The molecule has 1 aromatic carbocycles. The molecule has 0 unspecified atom stereocenters. The predicted molar refractivity (Wildman–Crippen MR) is 117 cm³/mol. The fourth-order valence-electron chi connectivity index (χ4n) is 2.59. The summed E-state index contributed by atoms with van der Waals surface area (Å²) in [5.41, 5.74) is 1.56. The molecule has 0 aliphatic carbocycles. The minimum Gasteiger partial charge on any atom is -0.493 e. The van der Waals surface area contributed by atoms with E-state index in [-0.39, 0.29) is 32.3 Å². The van der Waals surface area contributed by atoms with Gasteiger partial charge in [-0.15, -0.1) is 0 Å². The van der Waals surface area contributed by atoms with Crippen molar-refractivity contribution >= 4 is 52.3 Å². The van der Waals surface area contributed by atoms with Crippen molar-refractivity contribution in [1.29, 1.82) is 0 Å². The molecule has 1 N–H and O–H groups in total. The zero-order valence-electron chi connectivity index (χ0n) is 16.1. The second-order valence-electron chi connectivity index (χ2n) is 5.87. The minimum atomic E-state index is -0.551. The molecule has 0 fully saturated rings. The van der Waals surface area contributed by atoms with Crippen LogP contribution in [-0.2, 0) is 0 Å². The van der Waals surface area contributed by atoms with Crippen LogP contribution in [0.3, 0.4) is 0 Å². The van der Waals surface area contributed by atoms with Crippen LogP contribution < -0.4 is 19.7 Å². The Labute approximate surface area is 187 Å². The van der Waals surface area contributed by atoms with Crippen LogP contribution in [0.25, 0.3) is 11.3 Å². The molecule has 2 aromatic heterocycles. The number of anilines is 2. The Morgan fingerprint density at radius 3 is 2.17 bits per heavy atom. The quantitative estimate of drug-likeness (QED) is 0.554. The highest BCUT2D eigenvalue weighted by Crippen LogP contribution is 2.50. The number of benzene rings is 1. The molecule has 30 heavy (non-hydrogen) atoms. The lowest BCUT2D eigenvalue weighted by atomic mass is 10.2. The number of nitrogens with one attached hydrogen (secondary N) is 1. The molecule has 3 aromatic rings. The van der Waals surface area contributed by atoms with Crippen molar-refractivity contribution in [3.05, 3.63) is 52.0 Å². The number of methoxy groups -OCH3 is 2. The van der Waals surface area contributed by atoms with E-state index in [1.807, 2.05) is 0 Å². The van der Waals surface area contributed by atoms with E-state index >= 15 is 0 Å². The maximum atomic E-state index is 12.9. The Balaban J connectivity index is 1.92. The summed E-state index contributed by atoms with van der Waals surface area (Å²) in [6.07, 6.45) is 4.67. The monoisotopic (exact) mass is 467 g/mol. The lowest BCUT2D eigenvalue weighted by Gasteiger charge is -2.21. The molecule has 8 nitrogen and oxygen atoms in total. The molecular weight excluding hydrogens is 453 g/mol. The zero-order valence-corrected chi connectivity index (χ0v) is 18.4. The summed E-state index contributed by atoms with van der Waals surface area (Å²) in [5, 5.41) is 2.82. The molecule has 2 amide bonds. The predicted octanol–water partition coefficient (Wildman–Crippen LogP) is 5.18. The number of carbonyl (C=O) groups is 1. The first-order chi connectivity index (χ1) is 14.4. The fourth-order valence-corrected chi connectivity index (χ4v) is 3.71. The average molecular weight is 469 g/mol. The first-order valence-corrected chi connectivity index (χ1v) is 9.58. The van der Waals surface area contributed by atoms with Gasteiger partial charge in [0, 0.05) is 31.1 Å². The van der Waals surface area contributed by atoms with Crippen LogP contribution in [-0.4, -0.2) is 42.3 Å². The smallest absolute Gasteiger partial charge is 0.327 e. The Hall–Kier alpha value is -2.81. The number of carbonyl (C=O) groups excluding carboxylic acids is 1. The molecule has 0 bridgehead atoms. The van der Waals surface area contributed by atoms with Gasteiger partial charge in [-0.3, -0.25) is 9.88 Å². The van der Waals surface area contributed by atoms with E-state index < -0.39 is 6.03 Å². The summed E-state index contributed by atoms with van der Waals surface area (Å²) in [6.45, 7) is 0. The summed E-state index contributed by atoms with van der Waals surface area (Å²) in [6, 6.07) is 4.72. The standard InChI is InChI=1S/C19H16Cl3N5O3/c1-27(12-8-11(24-9-25-12)10-4-6-23-7-5-10)19(28)26-16-13(20)17(29-2)15(22)18(30-3)14(16)21/h4-9H,1-3H3,(H,26,28). The SMILES string of the molecule is COc1c(Cl)c(NC(=O)N(C)c2cc(-c3ccncc3)ncn2)c(Cl)c(OC)c1Cl. The normalized spacial score (nSPS) is 10.5. The molecule has 0 aliphatic heterocycles. The highest BCUT2D eigenvalue weighted by molar-refractivity contribution is 6.45. The summed E-state index contributed by atoms with van der Waals surface area (Å²) >= 11 is 18.9. The molecule has 0 radical (unpaired) electrons. The van der Waals surface area contributed by atoms with E-state index in [9.17, 15) is 4.79 Å². The molecular formula is C19H16Cl3N5O3. The molecule has 0 saturated carbocycles. The van der Waals surface area contributed by atoms with Gasteiger partial charge in [-0.05, 0) is 12.1 Å². The average Bonchev–Trinajstić information content (AvgIpc) is 2.77. The van der Waals surface area contributed by atoms with Crippen molar-refractivity contribution in [2.24, 2.45) is 0 Å². The number of nitrogens with zero attached hydrogens (tertiary/aromatic N) is 4. The minimum absolute atomic E-state index is 0.0372. The van der Waals surface area contributed by atoms with Gasteiger partial charge in [-0.2, -0.15) is 0 Å². The Morgan fingerprint density at radius 2 is 1.60 bits per heavy atom. The third-order valence-electron chi connectivity index (χ3n) is 4.15. The van der Waals surface area contributed by atoms with Crippen LogP contribution >= 0.6 is 34.8 Å². The molecule has 0 spiro atoms. The largest absolute Gasteiger partial charge is 0.493 e. The Bertz CT molecular complexity index is 1050.